The van der Waals surface area contributed by atoms with Crippen LogP contribution in [0.4, 0.5) is 0 Å². The van der Waals surface area contributed by atoms with Gasteiger partial charge in [-0.05, 0) is 49.6 Å². The summed E-state index contributed by atoms with van der Waals surface area (Å²) in [5.74, 6) is 1.49. The van der Waals surface area contributed by atoms with E-state index in [0.29, 0.717) is 12.6 Å². The first-order valence-corrected chi connectivity index (χ1v) is 10.8. The third-order valence-electron chi connectivity index (χ3n) is 5.34. The first kappa shape index (κ1) is 22.1. The quantitative estimate of drug-likeness (QED) is 0.461. The Morgan fingerprint density at radius 2 is 2.07 bits per heavy atom. The molecule has 3 rings (SSSR count). The lowest BCUT2D eigenvalue weighted by Gasteiger charge is -2.34. The molecule has 162 valence electrons. The molecular formula is C24H34N4O2. The number of hydrogen-bond acceptors (Lipinski definition) is 4. The van der Waals surface area contributed by atoms with Crippen molar-refractivity contribution in [3.8, 4) is 5.75 Å². The predicted octanol–water partition coefficient (Wildman–Crippen LogP) is 2.95. The monoisotopic (exact) mass is 410 g/mol. The number of ether oxygens (including phenoxy) is 1. The van der Waals surface area contributed by atoms with Crippen LogP contribution in [0.5, 0.6) is 5.75 Å². The molecule has 2 atom stereocenters. The van der Waals surface area contributed by atoms with Gasteiger partial charge in [-0.15, -0.1) is 0 Å². The summed E-state index contributed by atoms with van der Waals surface area (Å²) in [6, 6.07) is 18.5. The van der Waals surface area contributed by atoms with Gasteiger partial charge < -0.3 is 20.5 Å². The van der Waals surface area contributed by atoms with E-state index in [2.05, 4.69) is 57.8 Å². The Hall–Kier alpha value is -2.57. The molecule has 2 unspecified atom stereocenters. The average Bonchev–Trinajstić information content (AvgIpc) is 2.78. The molecule has 2 aromatic rings. The fraction of sp³-hybridized carbons (Fsp3) is 0.458. The third-order valence-corrected chi connectivity index (χ3v) is 5.34. The Labute approximate surface area is 180 Å². The summed E-state index contributed by atoms with van der Waals surface area (Å²) in [4.78, 5) is 7.12. The van der Waals surface area contributed by atoms with E-state index >= 15 is 0 Å². The molecule has 1 fully saturated rings. The second kappa shape index (κ2) is 11.6. The highest BCUT2D eigenvalue weighted by Crippen LogP contribution is 2.19. The Kier molecular flexibility index (Phi) is 8.53. The fourth-order valence-electron chi connectivity index (χ4n) is 3.80. The van der Waals surface area contributed by atoms with Gasteiger partial charge in [-0.1, -0.05) is 42.5 Å². The largest absolute Gasteiger partial charge is 0.497 e. The first-order valence-electron chi connectivity index (χ1n) is 10.8. The van der Waals surface area contributed by atoms with Crippen molar-refractivity contribution in [2.45, 2.75) is 38.5 Å². The second-order valence-corrected chi connectivity index (χ2v) is 7.72. The minimum Gasteiger partial charge on any atom is -0.497 e. The zero-order chi connectivity index (χ0) is 21.2. The van der Waals surface area contributed by atoms with Gasteiger partial charge >= 0.3 is 0 Å². The van der Waals surface area contributed by atoms with Crippen LogP contribution in [0.2, 0.25) is 0 Å². The number of nitrogens with one attached hydrogen (secondary N) is 2. The molecule has 1 aliphatic rings. The summed E-state index contributed by atoms with van der Waals surface area (Å²) >= 11 is 0. The van der Waals surface area contributed by atoms with E-state index in [9.17, 15) is 5.11 Å². The van der Waals surface area contributed by atoms with Crippen LogP contribution in [-0.4, -0.2) is 55.3 Å². The Morgan fingerprint density at radius 3 is 2.83 bits per heavy atom. The molecule has 1 saturated heterocycles. The highest BCUT2D eigenvalue weighted by Gasteiger charge is 2.21. The van der Waals surface area contributed by atoms with Gasteiger partial charge in [0.25, 0.3) is 0 Å². The molecule has 1 aliphatic heterocycles. The Balaban J connectivity index is 1.57. The lowest BCUT2D eigenvalue weighted by molar-refractivity contribution is 0.185. The summed E-state index contributed by atoms with van der Waals surface area (Å²) in [5.41, 5.74) is 2.15. The van der Waals surface area contributed by atoms with E-state index < -0.39 is 6.10 Å². The number of rotatable bonds is 8. The van der Waals surface area contributed by atoms with E-state index in [1.807, 2.05) is 24.3 Å². The minimum absolute atomic E-state index is 0.295. The van der Waals surface area contributed by atoms with Gasteiger partial charge in [-0.2, -0.15) is 0 Å². The van der Waals surface area contributed by atoms with Crippen LogP contribution in [0.1, 0.15) is 37.0 Å². The molecule has 0 aromatic heterocycles. The fourth-order valence-corrected chi connectivity index (χ4v) is 3.80. The lowest BCUT2D eigenvalue weighted by Crippen LogP contribution is -2.51. The highest BCUT2D eigenvalue weighted by molar-refractivity contribution is 5.80. The van der Waals surface area contributed by atoms with E-state index in [1.165, 1.54) is 5.56 Å². The zero-order valence-corrected chi connectivity index (χ0v) is 18.1. The van der Waals surface area contributed by atoms with Gasteiger partial charge in [0, 0.05) is 25.7 Å². The maximum atomic E-state index is 10.5. The molecule has 0 amide bonds. The SMILES string of the molecule is CCNC(=NCC(O)c1cccc(OC)c1)NC1CCCN(Cc2ccccc2)C1. The van der Waals surface area contributed by atoms with Crippen LogP contribution >= 0.6 is 0 Å². The van der Waals surface area contributed by atoms with Gasteiger partial charge in [-0.3, -0.25) is 9.89 Å². The van der Waals surface area contributed by atoms with Crippen molar-refractivity contribution < 1.29 is 9.84 Å². The molecule has 30 heavy (non-hydrogen) atoms. The number of aliphatic imine (C=N–C) groups is 1. The topological polar surface area (TPSA) is 69.1 Å². The first-order chi connectivity index (χ1) is 14.7. The number of guanidine groups is 1. The molecule has 0 bridgehead atoms. The average molecular weight is 411 g/mol. The summed E-state index contributed by atoms with van der Waals surface area (Å²) in [7, 11) is 1.63. The number of aliphatic hydroxyl groups is 1. The smallest absolute Gasteiger partial charge is 0.191 e. The second-order valence-electron chi connectivity index (χ2n) is 7.72. The van der Waals surface area contributed by atoms with Gasteiger partial charge in [-0.25, -0.2) is 0 Å². The van der Waals surface area contributed by atoms with Gasteiger partial charge in [0.15, 0.2) is 5.96 Å². The molecule has 6 nitrogen and oxygen atoms in total. The summed E-state index contributed by atoms with van der Waals surface area (Å²) in [5, 5.41) is 17.4. The molecule has 2 aromatic carbocycles. The van der Waals surface area contributed by atoms with E-state index in [4.69, 9.17) is 4.74 Å². The Morgan fingerprint density at radius 1 is 1.23 bits per heavy atom. The third kappa shape index (κ3) is 6.75. The molecule has 0 radical (unpaired) electrons. The van der Waals surface area contributed by atoms with Crippen LogP contribution < -0.4 is 15.4 Å². The number of piperidine rings is 1. The number of aliphatic hydroxyl groups excluding tert-OH is 1. The minimum atomic E-state index is -0.670. The zero-order valence-electron chi connectivity index (χ0n) is 18.1. The van der Waals surface area contributed by atoms with Crippen molar-refractivity contribution in [3.05, 3.63) is 65.7 Å². The molecule has 0 spiro atoms. The number of benzene rings is 2. The van der Waals surface area contributed by atoms with Crippen molar-refractivity contribution in [2.75, 3.05) is 33.3 Å². The van der Waals surface area contributed by atoms with Crippen LogP contribution in [0.3, 0.4) is 0 Å². The van der Waals surface area contributed by atoms with Crippen LogP contribution in [-0.2, 0) is 6.54 Å². The van der Waals surface area contributed by atoms with Crippen LogP contribution in [0.15, 0.2) is 59.6 Å². The number of likely N-dealkylation sites (tertiary alicyclic amines) is 1. The molecule has 0 saturated carbocycles. The predicted molar refractivity (Wildman–Crippen MR) is 122 cm³/mol. The van der Waals surface area contributed by atoms with E-state index in [1.54, 1.807) is 7.11 Å². The van der Waals surface area contributed by atoms with Crippen molar-refractivity contribution in [1.82, 2.24) is 15.5 Å². The maximum absolute atomic E-state index is 10.5. The standard InChI is InChI=1S/C24H34N4O2/c1-3-25-24(26-16-23(29)20-11-7-13-22(15-20)30-2)27-21-12-8-14-28(18-21)17-19-9-5-4-6-10-19/h4-7,9-11,13,15,21,23,29H,3,8,12,14,16-18H2,1-2H3,(H2,25,26,27). The van der Waals surface area contributed by atoms with Crippen molar-refractivity contribution >= 4 is 5.96 Å². The van der Waals surface area contributed by atoms with Gasteiger partial charge in [0.05, 0.1) is 19.8 Å². The number of nitrogens with zero attached hydrogens (tertiary/aromatic N) is 2. The molecule has 6 heteroatoms. The summed E-state index contributed by atoms with van der Waals surface area (Å²) in [6.45, 7) is 6.21. The molecule has 1 heterocycles. The van der Waals surface area contributed by atoms with Crippen molar-refractivity contribution in [3.63, 3.8) is 0 Å². The molecule has 0 aliphatic carbocycles. The lowest BCUT2D eigenvalue weighted by atomic mass is 10.0. The van der Waals surface area contributed by atoms with Gasteiger partial charge in [0.1, 0.15) is 5.75 Å². The number of hydrogen-bond donors (Lipinski definition) is 3. The normalized spacial score (nSPS) is 18.6. The Bertz CT molecular complexity index is 797. The van der Waals surface area contributed by atoms with Crippen LogP contribution in [0, 0.1) is 0 Å². The number of methoxy groups -OCH3 is 1. The van der Waals surface area contributed by atoms with Crippen LogP contribution in [0.25, 0.3) is 0 Å². The van der Waals surface area contributed by atoms with E-state index in [0.717, 1.165) is 56.3 Å². The van der Waals surface area contributed by atoms with Gasteiger partial charge in [0.2, 0.25) is 0 Å². The van der Waals surface area contributed by atoms with Crippen molar-refractivity contribution in [1.29, 1.82) is 0 Å². The maximum Gasteiger partial charge on any atom is 0.191 e. The summed E-state index contributed by atoms with van der Waals surface area (Å²) < 4.78 is 5.25. The molecular weight excluding hydrogens is 376 g/mol. The highest BCUT2D eigenvalue weighted by atomic mass is 16.5. The molecule has 3 N–H and O–H groups in total. The van der Waals surface area contributed by atoms with Crippen molar-refractivity contribution in [2.24, 2.45) is 4.99 Å². The summed E-state index contributed by atoms with van der Waals surface area (Å²) in [6.07, 6.45) is 1.61. The van der Waals surface area contributed by atoms with E-state index in [-0.39, 0.29) is 0 Å².